The smallest absolute Gasteiger partial charge is 0.220 e. The maximum atomic E-state index is 12.1. The Morgan fingerprint density at radius 2 is 1.78 bits per heavy atom. The first-order valence-corrected chi connectivity index (χ1v) is 9.16. The molecule has 6 heteroatoms. The molecule has 23 heavy (non-hydrogen) atoms. The molecule has 0 fully saturated rings. The number of amides is 1. The zero-order valence-corrected chi connectivity index (χ0v) is 16.3. The minimum Gasteiger partial charge on any atom is -0.356 e. The van der Waals surface area contributed by atoms with E-state index in [1.165, 1.54) is 0 Å². The first kappa shape index (κ1) is 19.9. The quantitative estimate of drug-likeness (QED) is 0.583. The average molecular weight is 339 g/mol. The predicted molar refractivity (Wildman–Crippen MR) is 97.0 cm³/mol. The number of carbonyl (C=O) groups excluding carboxylic acids is 1. The van der Waals surface area contributed by atoms with E-state index in [0.29, 0.717) is 19.4 Å². The Morgan fingerprint density at radius 1 is 1.22 bits per heavy atom. The van der Waals surface area contributed by atoms with Crippen LogP contribution < -0.4 is 5.32 Å². The fourth-order valence-corrected chi connectivity index (χ4v) is 3.19. The van der Waals surface area contributed by atoms with Crippen LogP contribution in [-0.2, 0) is 11.2 Å². The van der Waals surface area contributed by atoms with Crippen LogP contribution in [0.1, 0.15) is 37.2 Å². The third-order valence-electron chi connectivity index (χ3n) is 3.69. The van der Waals surface area contributed by atoms with Crippen molar-refractivity contribution in [2.24, 2.45) is 5.41 Å². The Hall–Kier alpha value is -1.14. The molecule has 1 amide bonds. The Labute approximate surface area is 144 Å². The van der Waals surface area contributed by atoms with Gasteiger partial charge in [-0.2, -0.15) is 0 Å². The number of nitrogens with zero attached hydrogens (tertiary/aromatic N) is 3. The third kappa shape index (κ3) is 6.87. The number of thioether (sulfide) groups is 1. The molecule has 130 valence electrons. The van der Waals surface area contributed by atoms with Crippen LogP contribution in [0.25, 0.3) is 0 Å². The maximum Gasteiger partial charge on any atom is 0.220 e. The summed E-state index contributed by atoms with van der Waals surface area (Å²) in [5.74, 6) is 0.0876. The summed E-state index contributed by atoms with van der Waals surface area (Å²) in [7, 11) is 4.10. The van der Waals surface area contributed by atoms with Gasteiger partial charge in [-0.05, 0) is 51.6 Å². The van der Waals surface area contributed by atoms with Gasteiger partial charge in [0.1, 0.15) is 0 Å². The Morgan fingerprint density at radius 3 is 2.26 bits per heavy atom. The van der Waals surface area contributed by atoms with Crippen molar-refractivity contribution in [1.82, 2.24) is 20.2 Å². The van der Waals surface area contributed by atoms with Gasteiger partial charge >= 0.3 is 0 Å². The van der Waals surface area contributed by atoms with E-state index in [0.717, 1.165) is 28.7 Å². The number of hydrogen-bond acceptors (Lipinski definition) is 5. The molecule has 0 aromatic carbocycles. The van der Waals surface area contributed by atoms with E-state index in [1.807, 2.05) is 34.2 Å². The molecule has 1 aromatic heterocycles. The number of nitrogens with one attached hydrogen (secondary N) is 1. The minimum atomic E-state index is 0.0636. The number of hydrogen-bond donors (Lipinski definition) is 1. The normalized spacial score (nSPS) is 11.8. The predicted octanol–water partition coefficient (Wildman–Crippen LogP) is 2.45. The van der Waals surface area contributed by atoms with Crippen LogP contribution in [0.15, 0.2) is 5.16 Å². The molecule has 1 heterocycles. The second-order valence-corrected chi connectivity index (χ2v) is 7.81. The van der Waals surface area contributed by atoms with Crippen LogP contribution in [0.3, 0.4) is 0 Å². The van der Waals surface area contributed by atoms with Crippen molar-refractivity contribution in [2.45, 2.75) is 45.7 Å². The molecule has 0 saturated heterocycles. The molecular weight excluding hydrogens is 308 g/mol. The molecule has 0 atom stereocenters. The summed E-state index contributed by atoms with van der Waals surface area (Å²) < 4.78 is 0. The lowest BCUT2D eigenvalue weighted by atomic mass is 9.93. The zero-order valence-electron chi connectivity index (χ0n) is 15.5. The van der Waals surface area contributed by atoms with Gasteiger partial charge in [0.25, 0.3) is 0 Å². The van der Waals surface area contributed by atoms with E-state index in [2.05, 4.69) is 34.0 Å². The van der Waals surface area contributed by atoms with Gasteiger partial charge in [-0.3, -0.25) is 4.79 Å². The molecule has 0 unspecified atom stereocenters. The molecular formula is C17H30N4OS. The monoisotopic (exact) mass is 338 g/mol. The van der Waals surface area contributed by atoms with E-state index < -0.39 is 0 Å². The van der Waals surface area contributed by atoms with Gasteiger partial charge < -0.3 is 10.2 Å². The summed E-state index contributed by atoms with van der Waals surface area (Å²) in [6, 6.07) is 0. The second kappa shape index (κ2) is 8.64. The summed E-state index contributed by atoms with van der Waals surface area (Å²) in [4.78, 5) is 23.2. The lowest BCUT2D eigenvalue weighted by Crippen LogP contribution is -2.40. The summed E-state index contributed by atoms with van der Waals surface area (Å²) in [6.45, 7) is 9.93. The van der Waals surface area contributed by atoms with Crippen LogP contribution in [0.4, 0.5) is 0 Å². The molecule has 5 nitrogen and oxygen atoms in total. The van der Waals surface area contributed by atoms with E-state index in [1.54, 1.807) is 11.8 Å². The molecule has 1 aromatic rings. The number of carbonyl (C=O) groups is 1. The number of aryl methyl sites for hydroxylation is 2. The third-order valence-corrected chi connectivity index (χ3v) is 4.24. The maximum absolute atomic E-state index is 12.1. The SMILES string of the molecule is CSc1nc(C)c(CCC(=O)NCC(C)(C)CN(C)C)c(C)n1. The first-order chi connectivity index (χ1) is 10.6. The topological polar surface area (TPSA) is 58.1 Å². The van der Waals surface area contributed by atoms with Gasteiger partial charge in [-0.15, -0.1) is 0 Å². The molecule has 0 spiro atoms. The fourth-order valence-electron chi connectivity index (χ4n) is 2.74. The molecule has 0 saturated carbocycles. The van der Waals surface area contributed by atoms with E-state index in [4.69, 9.17) is 0 Å². The van der Waals surface area contributed by atoms with E-state index >= 15 is 0 Å². The van der Waals surface area contributed by atoms with Gasteiger partial charge in [-0.1, -0.05) is 25.6 Å². The lowest BCUT2D eigenvalue weighted by Gasteiger charge is -2.28. The Bertz CT molecular complexity index is 520. The molecule has 0 aliphatic heterocycles. The van der Waals surface area contributed by atoms with Crippen molar-refractivity contribution < 1.29 is 4.79 Å². The van der Waals surface area contributed by atoms with Gasteiger partial charge in [-0.25, -0.2) is 9.97 Å². The average Bonchev–Trinajstić information content (AvgIpc) is 2.42. The number of rotatable bonds is 8. The van der Waals surface area contributed by atoms with Crippen LogP contribution in [-0.4, -0.2) is 54.2 Å². The summed E-state index contributed by atoms with van der Waals surface area (Å²) in [5.41, 5.74) is 3.10. The highest BCUT2D eigenvalue weighted by molar-refractivity contribution is 7.98. The van der Waals surface area contributed by atoms with Crippen LogP contribution in [0.2, 0.25) is 0 Å². The summed E-state index contributed by atoms with van der Waals surface area (Å²) in [5, 5.41) is 3.84. The lowest BCUT2D eigenvalue weighted by molar-refractivity contribution is -0.121. The van der Waals surface area contributed by atoms with Crippen molar-refractivity contribution in [1.29, 1.82) is 0 Å². The van der Waals surface area contributed by atoms with Gasteiger partial charge in [0.2, 0.25) is 5.91 Å². The van der Waals surface area contributed by atoms with Gasteiger partial charge in [0.05, 0.1) is 0 Å². The first-order valence-electron chi connectivity index (χ1n) is 7.94. The molecule has 0 bridgehead atoms. The molecule has 0 aliphatic carbocycles. The fraction of sp³-hybridized carbons (Fsp3) is 0.706. The van der Waals surface area contributed by atoms with Crippen molar-refractivity contribution in [3.8, 4) is 0 Å². The number of aromatic nitrogens is 2. The van der Waals surface area contributed by atoms with Crippen LogP contribution >= 0.6 is 11.8 Å². The van der Waals surface area contributed by atoms with Crippen molar-refractivity contribution in [3.63, 3.8) is 0 Å². The van der Waals surface area contributed by atoms with Crippen LogP contribution in [0, 0.1) is 19.3 Å². The van der Waals surface area contributed by atoms with Gasteiger partial charge in [0.15, 0.2) is 5.16 Å². The van der Waals surface area contributed by atoms with Crippen molar-refractivity contribution in [3.05, 3.63) is 17.0 Å². The minimum absolute atomic E-state index is 0.0636. The Kier molecular flexibility index (Phi) is 7.48. The highest BCUT2D eigenvalue weighted by atomic mass is 32.2. The molecule has 1 rings (SSSR count). The highest BCUT2D eigenvalue weighted by Crippen LogP contribution is 2.17. The zero-order chi connectivity index (χ0) is 17.6. The Balaban J connectivity index is 2.54. The van der Waals surface area contributed by atoms with Crippen molar-refractivity contribution >= 4 is 17.7 Å². The molecule has 1 N–H and O–H groups in total. The van der Waals surface area contributed by atoms with Crippen LogP contribution in [0.5, 0.6) is 0 Å². The van der Waals surface area contributed by atoms with Crippen molar-refractivity contribution in [2.75, 3.05) is 33.4 Å². The molecule has 0 aliphatic rings. The summed E-state index contributed by atoms with van der Waals surface area (Å²) in [6.07, 6.45) is 3.13. The van der Waals surface area contributed by atoms with E-state index in [-0.39, 0.29) is 11.3 Å². The van der Waals surface area contributed by atoms with Gasteiger partial charge in [0, 0.05) is 30.9 Å². The standard InChI is InChI=1S/C17H30N4OS/c1-12-14(13(2)20-16(19-12)23-7)8-9-15(22)18-10-17(3,4)11-21(5)6/h8-11H2,1-7H3,(H,18,22). The molecule has 0 radical (unpaired) electrons. The largest absolute Gasteiger partial charge is 0.356 e. The highest BCUT2D eigenvalue weighted by Gasteiger charge is 2.20. The second-order valence-electron chi connectivity index (χ2n) is 7.04. The van der Waals surface area contributed by atoms with E-state index in [9.17, 15) is 4.79 Å². The summed E-state index contributed by atoms with van der Waals surface area (Å²) >= 11 is 1.54.